The molecule has 0 saturated carbocycles. The van der Waals surface area contributed by atoms with E-state index in [1.54, 1.807) is 0 Å². The average Bonchev–Trinajstić information content (AvgIpc) is 3.88. The number of benzene rings is 10. The topological polar surface area (TPSA) is 35.6 Å². The van der Waals surface area contributed by atoms with Gasteiger partial charge in [-0.3, -0.25) is 4.57 Å². The van der Waals surface area contributed by atoms with E-state index in [0.717, 1.165) is 55.3 Å². The second kappa shape index (κ2) is 13.6. The fraction of sp³-hybridized carbons (Fsp3) is 0. The third-order valence-corrected chi connectivity index (χ3v) is 12.7. The molecule has 0 radical (unpaired) electrons. The van der Waals surface area contributed by atoms with Gasteiger partial charge in [-0.05, 0) is 80.9 Å². The summed E-state index contributed by atoms with van der Waals surface area (Å²) in [5, 5.41) is 10.8. The molecule has 0 unspecified atom stereocenters. The first-order valence-electron chi connectivity index (χ1n) is 21.2. The minimum atomic E-state index is 0.643. The highest BCUT2D eigenvalue weighted by Crippen LogP contribution is 2.47. The maximum absolute atomic E-state index is 5.52. The van der Waals surface area contributed by atoms with Crippen LogP contribution in [0.15, 0.2) is 218 Å². The summed E-state index contributed by atoms with van der Waals surface area (Å²) in [4.78, 5) is 10.9. The minimum Gasteiger partial charge on any atom is -0.309 e. The van der Waals surface area contributed by atoms with Gasteiger partial charge in [0.25, 0.3) is 0 Å². The molecule has 0 N–H and O–H groups in total. The molecular formula is C58H36N4. The van der Waals surface area contributed by atoms with E-state index in [2.05, 4.69) is 228 Å². The van der Waals surface area contributed by atoms with Gasteiger partial charge >= 0.3 is 0 Å². The van der Waals surface area contributed by atoms with E-state index in [0.29, 0.717) is 5.95 Å². The number of nitrogens with zero attached hydrogens (tertiary/aromatic N) is 4. The summed E-state index contributed by atoms with van der Waals surface area (Å²) in [6, 6.07) is 78.5. The molecule has 3 aromatic heterocycles. The molecule has 0 bridgehead atoms. The fourth-order valence-corrected chi connectivity index (χ4v) is 10.0. The number of para-hydroxylation sites is 2. The summed E-state index contributed by atoms with van der Waals surface area (Å²) < 4.78 is 4.78. The zero-order chi connectivity index (χ0) is 40.7. The summed E-state index contributed by atoms with van der Waals surface area (Å²) in [6.07, 6.45) is 0. The third kappa shape index (κ3) is 5.14. The molecule has 0 atom stereocenters. The number of hydrogen-bond acceptors (Lipinski definition) is 2. The van der Waals surface area contributed by atoms with E-state index >= 15 is 0 Å². The lowest BCUT2D eigenvalue weighted by atomic mass is 9.95. The van der Waals surface area contributed by atoms with Crippen LogP contribution < -0.4 is 0 Å². The van der Waals surface area contributed by atoms with Crippen LogP contribution in [0.1, 0.15) is 0 Å². The number of hydrogen-bond donors (Lipinski definition) is 0. The summed E-state index contributed by atoms with van der Waals surface area (Å²) >= 11 is 0. The summed E-state index contributed by atoms with van der Waals surface area (Å²) in [7, 11) is 0. The molecule has 0 aliphatic heterocycles. The third-order valence-electron chi connectivity index (χ3n) is 12.7. The highest BCUT2D eigenvalue weighted by molar-refractivity contribution is 6.38. The van der Waals surface area contributed by atoms with E-state index in [1.165, 1.54) is 59.9 Å². The molecule has 13 rings (SSSR count). The Morgan fingerprint density at radius 3 is 1.56 bits per heavy atom. The zero-order valence-electron chi connectivity index (χ0n) is 33.6. The van der Waals surface area contributed by atoms with Gasteiger partial charge in [0.2, 0.25) is 5.95 Å². The Morgan fingerprint density at radius 2 is 0.823 bits per heavy atom. The Morgan fingerprint density at radius 1 is 0.290 bits per heavy atom. The van der Waals surface area contributed by atoms with Crippen LogP contribution in [0.3, 0.4) is 0 Å². The Labute approximate surface area is 357 Å². The fourth-order valence-electron chi connectivity index (χ4n) is 10.0. The molecule has 10 aromatic carbocycles. The largest absolute Gasteiger partial charge is 0.309 e. The molecule has 0 aliphatic carbocycles. The maximum atomic E-state index is 5.52. The SMILES string of the molecule is c1ccc(-c2cccc(-c3nc(-n4c5ccccc5c5c6c7c8ccccc8c8ccccc8c7n(-c7cccc(-c8ccccc8)c7)c6ccc54)nc4ccccc34)c2)cc1. The van der Waals surface area contributed by atoms with E-state index in [1.807, 2.05) is 0 Å². The normalized spacial score (nSPS) is 11.9. The highest BCUT2D eigenvalue weighted by atomic mass is 15.2. The van der Waals surface area contributed by atoms with Gasteiger partial charge in [-0.15, -0.1) is 0 Å². The van der Waals surface area contributed by atoms with Gasteiger partial charge in [0, 0.05) is 43.6 Å². The van der Waals surface area contributed by atoms with Crippen LogP contribution in [-0.2, 0) is 0 Å². The van der Waals surface area contributed by atoms with Crippen LogP contribution in [0.25, 0.3) is 121 Å². The van der Waals surface area contributed by atoms with Crippen molar-refractivity contribution in [1.29, 1.82) is 0 Å². The lowest BCUT2D eigenvalue weighted by Gasteiger charge is -2.13. The number of rotatable bonds is 5. The van der Waals surface area contributed by atoms with Crippen molar-refractivity contribution >= 4 is 76.1 Å². The van der Waals surface area contributed by atoms with Crippen LogP contribution in [0, 0.1) is 0 Å². The Hall–Kier alpha value is -8.34. The van der Waals surface area contributed by atoms with Gasteiger partial charge in [-0.2, -0.15) is 0 Å². The Kier molecular flexibility index (Phi) is 7.57. The summed E-state index contributed by atoms with van der Waals surface area (Å²) in [6.45, 7) is 0. The standard InChI is InChI=1S/C58H36N4/c1-3-17-37(18-4-1)39-21-15-23-41(35-39)56-47-29-11-13-31-49(47)59-58(60-56)62-50-32-14-12-30-48(50)53-51(62)33-34-52-55(53)54-45-27-9-7-25-43(45)44-26-8-10-28-46(44)57(54)61(52)42-24-16-22-40(36-42)38-19-5-2-6-20-38/h1-36H. The molecule has 62 heavy (non-hydrogen) atoms. The molecule has 0 saturated heterocycles. The van der Waals surface area contributed by atoms with E-state index in [4.69, 9.17) is 9.97 Å². The first-order chi connectivity index (χ1) is 30.8. The van der Waals surface area contributed by atoms with Gasteiger partial charge in [0.15, 0.2) is 0 Å². The Balaban J connectivity index is 1.16. The van der Waals surface area contributed by atoms with E-state index in [-0.39, 0.29) is 0 Å². The first-order valence-corrected chi connectivity index (χ1v) is 21.2. The van der Waals surface area contributed by atoms with Crippen LogP contribution >= 0.6 is 0 Å². The second-order valence-electron chi connectivity index (χ2n) is 16.1. The Bertz CT molecular complexity index is 3920. The molecule has 4 heteroatoms. The predicted molar refractivity (Wildman–Crippen MR) is 260 cm³/mol. The van der Waals surface area contributed by atoms with Gasteiger partial charge < -0.3 is 4.57 Å². The number of fused-ring (bicyclic) bond motifs is 13. The minimum absolute atomic E-state index is 0.643. The molecule has 0 spiro atoms. The van der Waals surface area contributed by atoms with E-state index in [9.17, 15) is 0 Å². The van der Waals surface area contributed by atoms with Gasteiger partial charge in [0.1, 0.15) is 0 Å². The van der Waals surface area contributed by atoms with Crippen molar-refractivity contribution < 1.29 is 0 Å². The van der Waals surface area contributed by atoms with Crippen molar-refractivity contribution in [3.8, 4) is 45.1 Å². The van der Waals surface area contributed by atoms with Crippen molar-refractivity contribution in [3.05, 3.63) is 218 Å². The molecule has 13 aromatic rings. The van der Waals surface area contributed by atoms with Crippen LogP contribution in [0.4, 0.5) is 0 Å². The summed E-state index contributed by atoms with van der Waals surface area (Å²) in [5.41, 5.74) is 13.1. The quantitative estimate of drug-likeness (QED) is 0.163. The second-order valence-corrected chi connectivity index (χ2v) is 16.1. The summed E-state index contributed by atoms with van der Waals surface area (Å²) in [5.74, 6) is 0.643. The van der Waals surface area contributed by atoms with Crippen molar-refractivity contribution in [2.45, 2.75) is 0 Å². The average molecular weight is 789 g/mol. The predicted octanol–water partition coefficient (Wildman–Crippen LogP) is 15.1. The molecule has 288 valence electrons. The lowest BCUT2D eigenvalue weighted by Crippen LogP contribution is -2.03. The van der Waals surface area contributed by atoms with Gasteiger partial charge in [0.05, 0.1) is 33.3 Å². The molecule has 3 heterocycles. The monoisotopic (exact) mass is 788 g/mol. The van der Waals surface area contributed by atoms with Gasteiger partial charge in [-0.1, -0.05) is 176 Å². The molecule has 0 fully saturated rings. The van der Waals surface area contributed by atoms with Crippen molar-refractivity contribution in [1.82, 2.24) is 19.1 Å². The van der Waals surface area contributed by atoms with E-state index < -0.39 is 0 Å². The molecular weight excluding hydrogens is 753 g/mol. The van der Waals surface area contributed by atoms with Crippen LogP contribution in [0.5, 0.6) is 0 Å². The highest BCUT2D eigenvalue weighted by Gasteiger charge is 2.25. The zero-order valence-corrected chi connectivity index (χ0v) is 33.6. The maximum Gasteiger partial charge on any atom is 0.235 e. The van der Waals surface area contributed by atoms with Crippen molar-refractivity contribution in [2.75, 3.05) is 0 Å². The molecule has 4 nitrogen and oxygen atoms in total. The van der Waals surface area contributed by atoms with Gasteiger partial charge in [-0.25, -0.2) is 9.97 Å². The van der Waals surface area contributed by atoms with Crippen LogP contribution in [0.2, 0.25) is 0 Å². The lowest BCUT2D eigenvalue weighted by molar-refractivity contribution is 1.01. The molecule has 0 amide bonds. The number of aromatic nitrogens is 4. The molecule has 0 aliphatic rings. The first kappa shape index (κ1) is 34.5. The van der Waals surface area contributed by atoms with Crippen molar-refractivity contribution in [2.24, 2.45) is 0 Å². The van der Waals surface area contributed by atoms with Crippen LogP contribution in [-0.4, -0.2) is 19.1 Å². The van der Waals surface area contributed by atoms with Crippen molar-refractivity contribution in [3.63, 3.8) is 0 Å². The smallest absolute Gasteiger partial charge is 0.235 e.